The molecule has 0 heterocycles. The summed E-state index contributed by atoms with van der Waals surface area (Å²) in [4.78, 5) is 0. The molecule has 0 nitrogen and oxygen atoms in total. The standard InChI is InChI=1S/C18H15P.3FH.Ru/c1-4-10-16(11-5-1)19(17-12-6-2-7-13-17)18-14-8-3-9-15-18;;;;/h1-15H;3*1H;/q;;;;+3/p-3. The summed E-state index contributed by atoms with van der Waals surface area (Å²) in [5.74, 6) is 0. The van der Waals surface area contributed by atoms with Gasteiger partial charge in [-0.15, -0.1) is 0 Å². The zero-order valence-corrected chi connectivity index (χ0v) is 14.7. The van der Waals surface area contributed by atoms with Gasteiger partial charge in [0.25, 0.3) is 0 Å². The molecule has 0 aliphatic carbocycles. The largest absolute Gasteiger partial charge is 0.0622 e. The van der Waals surface area contributed by atoms with E-state index in [0.29, 0.717) is 0 Å². The van der Waals surface area contributed by atoms with Gasteiger partial charge in [-0.1, -0.05) is 91.0 Å². The Morgan fingerprint density at radius 3 is 0.913 bits per heavy atom. The molecular weight excluding hydrogens is 405 g/mol. The second-order valence-electron chi connectivity index (χ2n) is 4.49. The summed E-state index contributed by atoms with van der Waals surface area (Å²) in [5.41, 5.74) is 0. The van der Waals surface area contributed by atoms with Crippen LogP contribution in [0.5, 0.6) is 0 Å². The van der Waals surface area contributed by atoms with Crippen LogP contribution in [0.15, 0.2) is 91.0 Å². The molecule has 0 aliphatic heterocycles. The molecule has 0 unspecified atom stereocenters. The summed E-state index contributed by atoms with van der Waals surface area (Å²) in [5, 5.41) is 4.19. The van der Waals surface area contributed by atoms with Crippen LogP contribution in [0.4, 0.5) is 9.95 Å². The van der Waals surface area contributed by atoms with Gasteiger partial charge in [0.15, 0.2) is 0 Å². The van der Waals surface area contributed by atoms with Gasteiger partial charge in [-0.05, 0) is 23.8 Å². The molecule has 3 aromatic carbocycles. The smallest absolute Gasteiger partial charge is 0.0134 e. The summed E-state index contributed by atoms with van der Waals surface area (Å²) in [6.07, 6.45) is 0. The van der Waals surface area contributed by atoms with Crippen molar-refractivity contribution >= 4 is 23.8 Å². The van der Waals surface area contributed by atoms with Crippen molar-refractivity contribution in [1.82, 2.24) is 0 Å². The average Bonchev–Trinajstić information content (AvgIpc) is 2.58. The third kappa shape index (κ3) is 5.90. The van der Waals surface area contributed by atoms with Crippen molar-refractivity contribution in [3.05, 3.63) is 91.0 Å². The number of benzene rings is 3. The van der Waals surface area contributed by atoms with E-state index in [9.17, 15) is 9.95 Å². The fraction of sp³-hybridized carbons (Fsp3) is 0. The molecule has 5 heteroatoms. The van der Waals surface area contributed by atoms with Gasteiger partial charge < -0.3 is 0 Å². The maximum Gasteiger partial charge on any atom is -0.0134 e. The first-order valence-corrected chi connectivity index (χ1v) is 10.1. The molecule has 0 saturated carbocycles. The fourth-order valence-corrected chi connectivity index (χ4v) is 4.48. The van der Waals surface area contributed by atoms with E-state index in [1.165, 1.54) is 15.9 Å². The molecule has 0 N–H and O–H groups in total. The SMILES string of the molecule is [F][Ru]([F])[F].c1ccc(P(c2ccccc2)c2ccccc2)cc1. The summed E-state index contributed by atoms with van der Waals surface area (Å²) in [7, 11) is -0.446. The summed E-state index contributed by atoms with van der Waals surface area (Å²) in [6, 6.07) is 32.3. The topological polar surface area (TPSA) is 0 Å². The molecule has 0 aromatic heterocycles. The molecule has 3 aromatic rings. The first-order chi connectivity index (χ1) is 11.2. The molecule has 23 heavy (non-hydrogen) atoms. The van der Waals surface area contributed by atoms with Crippen LogP contribution in [0.3, 0.4) is 0 Å². The fourth-order valence-electron chi connectivity index (χ4n) is 2.18. The van der Waals surface area contributed by atoms with Gasteiger partial charge in [0.2, 0.25) is 0 Å². The Balaban J connectivity index is 0.000000433. The van der Waals surface area contributed by atoms with Crippen molar-refractivity contribution in [2.45, 2.75) is 0 Å². The Morgan fingerprint density at radius 2 is 0.696 bits per heavy atom. The van der Waals surface area contributed by atoms with Gasteiger partial charge in [-0.2, -0.15) is 0 Å². The van der Waals surface area contributed by atoms with Crippen LogP contribution < -0.4 is 15.9 Å². The molecule has 3 rings (SSSR count). The minimum atomic E-state index is -4.67. The Morgan fingerprint density at radius 1 is 0.478 bits per heavy atom. The number of rotatable bonds is 3. The quantitative estimate of drug-likeness (QED) is 0.426. The molecule has 0 spiro atoms. The average molecular weight is 420 g/mol. The normalized spacial score (nSPS) is 10.7. The number of halogens is 3. The predicted molar refractivity (Wildman–Crippen MR) is 88.5 cm³/mol. The van der Waals surface area contributed by atoms with Crippen LogP contribution in [0.2, 0.25) is 0 Å². The van der Waals surface area contributed by atoms with E-state index < -0.39 is 25.4 Å². The molecule has 0 fully saturated rings. The third-order valence-corrected chi connectivity index (χ3v) is 5.49. The van der Waals surface area contributed by atoms with E-state index in [0.717, 1.165) is 0 Å². The van der Waals surface area contributed by atoms with Crippen LogP contribution in [0.25, 0.3) is 0 Å². The van der Waals surface area contributed by atoms with Gasteiger partial charge in [0.1, 0.15) is 0 Å². The maximum absolute atomic E-state index is 9.81. The van der Waals surface area contributed by atoms with E-state index >= 15 is 0 Å². The molecule has 0 radical (unpaired) electrons. The van der Waals surface area contributed by atoms with E-state index in [-0.39, 0.29) is 0 Å². The summed E-state index contributed by atoms with van der Waals surface area (Å²) < 4.78 is 29.4. The zero-order chi connectivity index (χ0) is 16.5. The maximum atomic E-state index is 9.81. The van der Waals surface area contributed by atoms with E-state index in [4.69, 9.17) is 0 Å². The van der Waals surface area contributed by atoms with Crippen LogP contribution in [-0.2, 0) is 17.4 Å². The second-order valence-corrected chi connectivity index (χ2v) is 7.46. The summed E-state index contributed by atoms with van der Waals surface area (Å²) >= 11 is -4.67. The monoisotopic (exact) mass is 421 g/mol. The molecule has 0 amide bonds. The Labute approximate surface area is 142 Å². The molecule has 0 saturated heterocycles. The number of hydrogen-bond acceptors (Lipinski definition) is 0. The van der Waals surface area contributed by atoms with E-state index in [1.807, 2.05) is 0 Å². The van der Waals surface area contributed by atoms with Crippen molar-refractivity contribution in [1.29, 1.82) is 0 Å². The molecule has 0 atom stereocenters. The predicted octanol–water partition coefficient (Wildman–Crippen LogP) is 4.70. The van der Waals surface area contributed by atoms with Crippen molar-refractivity contribution in [2.75, 3.05) is 0 Å². The van der Waals surface area contributed by atoms with Gasteiger partial charge in [-0.25, -0.2) is 0 Å². The second kappa shape index (κ2) is 9.60. The first kappa shape index (κ1) is 17.9. The van der Waals surface area contributed by atoms with E-state index in [2.05, 4.69) is 91.0 Å². The van der Waals surface area contributed by atoms with Crippen LogP contribution in [-0.4, -0.2) is 0 Å². The molecule has 0 aliphatic rings. The van der Waals surface area contributed by atoms with Crippen LogP contribution >= 0.6 is 7.92 Å². The van der Waals surface area contributed by atoms with Gasteiger partial charge in [0.05, 0.1) is 0 Å². The van der Waals surface area contributed by atoms with Gasteiger partial charge >= 0.3 is 27.4 Å². The molecular formula is C18H15F3PRu. The minimum absolute atomic E-state index is 0.446. The van der Waals surface area contributed by atoms with Crippen LogP contribution in [0.1, 0.15) is 0 Å². The van der Waals surface area contributed by atoms with E-state index in [1.54, 1.807) is 0 Å². The molecule has 0 bridgehead atoms. The van der Waals surface area contributed by atoms with Gasteiger partial charge in [0, 0.05) is 0 Å². The molecule has 121 valence electrons. The van der Waals surface area contributed by atoms with Gasteiger partial charge in [-0.3, -0.25) is 0 Å². The summed E-state index contributed by atoms with van der Waals surface area (Å²) in [6.45, 7) is 0. The zero-order valence-electron chi connectivity index (χ0n) is 12.1. The Hall–Kier alpha value is -1.50. The van der Waals surface area contributed by atoms with Crippen molar-refractivity contribution < 1.29 is 27.4 Å². The Bertz CT molecular complexity index is 582. The van der Waals surface area contributed by atoms with Crippen molar-refractivity contribution in [2.24, 2.45) is 0 Å². The third-order valence-electron chi connectivity index (χ3n) is 3.04. The Kier molecular flexibility index (Phi) is 7.45. The van der Waals surface area contributed by atoms with Crippen LogP contribution in [0, 0.1) is 0 Å². The van der Waals surface area contributed by atoms with Crippen molar-refractivity contribution in [3.63, 3.8) is 0 Å². The first-order valence-electron chi connectivity index (χ1n) is 6.80. The minimum Gasteiger partial charge on any atom is -0.0622 e. The van der Waals surface area contributed by atoms with Crippen molar-refractivity contribution in [3.8, 4) is 0 Å². The number of hydrogen-bond donors (Lipinski definition) is 0.